The first-order chi connectivity index (χ1) is 10.0. The van der Waals surface area contributed by atoms with E-state index < -0.39 is 5.97 Å². The third kappa shape index (κ3) is 3.33. The summed E-state index contributed by atoms with van der Waals surface area (Å²) < 4.78 is 1.59. The van der Waals surface area contributed by atoms with E-state index in [-0.39, 0.29) is 5.69 Å². The summed E-state index contributed by atoms with van der Waals surface area (Å²) >= 11 is 0. The van der Waals surface area contributed by atoms with E-state index in [4.69, 9.17) is 0 Å². The molecule has 0 aliphatic carbocycles. The van der Waals surface area contributed by atoms with Crippen molar-refractivity contribution in [2.45, 2.75) is 26.3 Å². The lowest BCUT2D eigenvalue weighted by Crippen LogP contribution is -2.32. The number of carbonyl (C=O) groups is 1. The number of carboxylic acids is 1. The zero-order valence-electron chi connectivity index (χ0n) is 12.7. The molecular weight excluding hydrogens is 268 g/mol. The second kappa shape index (κ2) is 6.58. The lowest BCUT2D eigenvalue weighted by molar-refractivity contribution is 0.0690. The molecule has 0 aliphatic heterocycles. The van der Waals surface area contributed by atoms with E-state index in [1.54, 1.807) is 22.7 Å². The Balaban J connectivity index is 2.11. The average Bonchev–Trinajstić information content (AvgIpc) is 2.84. The lowest BCUT2D eigenvalue weighted by Gasteiger charge is -2.23. The summed E-state index contributed by atoms with van der Waals surface area (Å²) in [5, 5.41) is 12.5. The fourth-order valence-corrected chi connectivity index (χ4v) is 2.21. The number of rotatable bonds is 7. The van der Waals surface area contributed by atoms with Crippen molar-refractivity contribution < 1.29 is 9.90 Å². The van der Waals surface area contributed by atoms with Crippen LogP contribution in [0.5, 0.6) is 0 Å². The van der Waals surface area contributed by atoms with Crippen LogP contribution in [0, 0.1) is 0 Å². The Labute approximate surface area is 124 Å². The Morgan fingerprint density at radius 3 is 2.95 bits per heavy atom. The van der Waals surface area contributed by atoms with Crippen LogP contribution >= 0.6 is 0 Å². The molecule has 0 fully saturated rings. The van der Waals surface area contributed by atoms with Gasteiger partial charge in [0.1, 0.15) is 5.65 Å². The molecule has 0 saturated heterocycles. The Bertz CT molecular complexity index is 623. The molecule has 2 heterocycles. The number of nitrogens with one attached hydrogen (secondary N) is 1. The van der Waals surface area contributed by atoms with Gasteiger partial charge in [-0.2, -0.15) is 0 Å². The van der Waals surface area contributed by atoms with Gasteiger partial charge in [0.05, 0.1) is 0 Å². The first-order valence-electron chi connectivity index (χ1n) is 7.19. The fourth-order valence-electron chi connectivity index (χ4n) is 2.21. The molecule has 0 aromatic carbocycles. The van der Waals surface area contributed by atoms with E-state index in [1.807, 2.05) is 6.07 Å². The van der Waals surface area contributed by atoms with Crippen LogP contribution in [0.15, 0.2) is 24.4 Å². The standard InChI is InChI=1S/C15H22N4O2/c1-4-11(2)18(3)10-8-16-14-13(15(20)21)19-9-6-5-7-12(19)17-14/h5-7,9,11,16H,4,8,10H2,1-3H3,(H,20,21). The van der Waals surface area contributed by atoms with E-state index in [9.17, 15) is 9.90 Å². The van der Waals surface area contributed by atoms with Gasteiger partial charge in [0.2, 0.25) is 0 Å². The molecule has 2 aromatic heterocycles. The van der Waals surface area contributed by atoms with Gasteiger partial charge in [-0.15, -0.1) is 0 Å². The van der Waals surface area contributed by atoms with E-state index in [1.165, 1.54) is 0 Å². The number of nitrogens with zero attached hydrogens (tertiary/aromatic N) is 3. The molecule has 114 valence electrons. The summed E-state index contributed by atoms with van der Waals surface area (Å²) in [6.45, 7) is 5.82. The number of anilines is 1. The molecule has 0 bridgehead atoms. The van der Waals surface area contributed by atoms with E-state index >= 15 is 0 Å². The smallest absolute Gasteiger partial charge is 0.356 e. The van der Waals surface area contributed by atoms with E-state index in [0.717, 1.165) is 13.0 Å². The van der Waals surface area contributed by atoms with Gasteiger partial charge in [-0.25, -0.2) is 9.78 Å². The maximum Gasteiger partial charge on any atom is 0.356 e. The van der Waals surface area contributed by atoms with Gasteiger partial charge in [0, 0.05) is 25.3 Å². The second-order valence-electron chi connectivity index (χ2n) is 5.21. The van der Waals surface area contributed by atoms with Crippen molar-refractivity contribution in [1.29, 1.82) is 0 Å². The number of likely N-dealkylation sites (N-methyl/N-ethyl adjacent to an activating group) is 1. The number of imidazole rings is 1. The summed E-state index contributed by atoms with van der Waals surface area (Å²) in [5.74, 6) is -0.558. The summed E-state index contributed by atoms with van der Waals surface area (Å²) in [6.07, 6.45) is 2.80. The molecule has 0 aliphatic rings. The van der Waals surface area contributed by atoms with E-state index in [2.05, 4.69) is 36.1 Å². The maximum absolute atomic E-state index is 11.4. The van der Waals surface area contributed by atoms with Crippen molar-refractivity contribution in [2.75, 3.05) is 25.5 Å². The van der Waals surface area contributed by atoms with Crippen LogP contribution in [0.1, 0.15) is 30.8 Å². The largest absolute Gasteiger partial charge is 0.476 e. The van der Waals surface area contributed by atoms with Gasteiger partial charge in [-0.3, -0.25) is 4.40 Å². The second-order valence-corrected chi connectivity index (χ2v) is 5.21. The number of pyridine rings is 1. The highest BCUT2D eigenvalue weighted by atomic mass is 16.4. The van der Waals surface area contributed by atoms with Crippen molar-refractivity contribution >= 4 is 17.4 Å². The predicted molar refractivity (Wildman–Crippen MR) is 83.0 cm³/mol. The molecule has 2 aromatic rings. The average molecular weight is 290 g/mol. The van der Waals surface area contributed by atoms with Crippen molar-refractivity contribution in [3.63, 3.8) is 0 Å². The fraction of sp³-hybridized carbons (Fsp3) is 0.467. The molecule has 0 radical (unpaired) electrons. The molecule has 6 heteroatoms. The normalized spacial score (nSPS) is 12.8. The highest BCUT2D eigenvalue weighted by Gasteiger charge is 2.18. The zero-order valence-corrected chi connectivity index (χ0v) is 12.7. The van der Waals surface area contributed by atoms with Gasteiger partial charge < -0.3 is 15.3 Å². The van der Waals surface area contributed by atoms with Crippen LogP contribution in [0.25, 0.3) is 5.65 Å². The zero-order chi connectivity index (χ0) is 15.4. The number of fused-ring (bicyclic) bond motifs is 1. The molecule has 0 saturated carbocycles. The summed E-state index contributed by atoms with van der Waals surface area (Å²) in [4.78, 5) is 18.0. The highest BCUT2D eigenvalue weighted by Crippen LogP contribution is 2.17. The van der Waals surface area contributed by atoms with Crippen molar-refractivity contribution in [3.05, 3.63) is 30.1 Å². The molecule has 1 unspecified atom stereocenters. The van der Waals surface area contributed by atoms with Gasteiger partial charge in [-0.1, -0.05) is 13.0 Å². The molecule has 21 heavy (non-hydrogen) atoms. The summed E-state index contributed by atoms with van der Waals surface area (Å²) in [6, 6.07) is 5.94. The number of carboxylic acid groups (broad SMARTS) is 1. The Kier molecular flexibility index (Phi) is 4.80. The number of hydrogen-bond donors (Lipinski definition) is 2. The minimum Gasteiger partial charge on any atom is -0.476 e. The minimum atomic E-state index is -0.980. The quantitative estimate of drug-likeness (QED) is 0.818. The molecule has 2 rings (SSSR count). The van der Waals surface area contributed by atoms with Gasteiger partial charge in [0.25, 0.3) is 0 Å². The topological polar surface area (TPSA) is 69.9 Å². The maximum atomic E-state index is 11.4. The number of hydrogen-bond acceptors (Lipinski definition) is 4. The Morgan fingerprint density at radius 2 is 2.29 bits per heavy atom. The molecule has 6 nitrogen and oxygen atoms in total. The Morgan fingerprint density at radius 1 is 1.52 bits per heavy atom. The lowest BCUT2D eigenvalue weighted by atomic mass is 10.2. The van der Waals surface area contributed by atoms with Crippen molar-refractivity contribution in [1.82, 2.24) is 14.3 Å². The SMILES string of the molecule is CCC(C)N(C)CCNc1nc2ccccn2c1C(=O)O. The van der Waals surface area contributed by atoms with Crippen molar-refractivity contribution in [3.8, 4) is 0 Å². The number of aromatic nitrogens is 2. The van der Waals surface area contributed by atoms with Gasteiger partial charge in [0.15, 0.2) is 11.5 Å². The third-order valence-electron chi connectivity index (χ3n) is 3.83. The highest BCUT2D eigenvalue weighted by molar-refractivity contribution is 5.92. The van der Waals surface area contributed by atoms with Crippen LogP contribution in [0.2, 0.25) is 0 Å². The summed E-state index contributed by atoms with van der Waals surface area (Å²) in [7, 11) is 2.07. The van der Waals surface area contributed by atoms with Crippen LogP contribution in [0.4, 0.5) is 5.82 Å². The van der Waals surface area contributed by atoms with Gasteiger partial charge in [-0.05, 0) is 32.5 Å². The van der Waals surface area contributed by atoms with Crippen LogP contribution in [-0.4, -0.2) is 51.5 Å². The molecule has 0 amide bonds. The van der Waals surface area contributed by atoms with E-state index in [0.29, 0.717) is 24.1 Å². The molecule has 2 N–H and O–H groups in total. The third-order valence-corrected chi connectivity index (χ3v) is 3.83. The predicted octanol–water partition coefficient (Wildman–Crippen LogP) is 2.17. The van der Waals surface area contributed by atoms with Crippen LogP contribution in [0.3, 0.4) is 0 Å². The molecular formula is C15H22N4O2. The molecule has 1 atom stereocenters. The first kappa shape index (κ1) is 15.3. The Hall–Kier alpha value is -2.08. The first-order valence-corrected chi connectivity index (χ1v) is 7.19. The number of aromatic carboxylic acids is 1. The monoisotopic (exact) mass is 290 g/mol. The van der Waals surface area contributed by atoms with Crippen LogP contribution < -0.4 is 5.32 Å². The minimum absolute atomic E-state index is 0.178. The van der Waals surface area contributed by atoms with Crippen LogP contribution in [-0.2, 0) is 0 Å². The van der Waals surface area contributed by atoms with Crippen molar-refractivity contribution in [2.24, 2.45) is 0 Å². The summed E-state index contributed by atoms with van der Waals surface area (Å²) in [5.41, 5.74) is 0.810. The molecule has 0 spiro atoms. The van der Waals surface area contributed by atoms with Gasteiger partial charge >= 0.3 is 5.97 Å².